The van der Waals surface area contributed by atoms with Crippen LogP contribution in [0.1, 0.15) is 41.4 Å². The number of carbonyl (C=O) groups is 1. The molecule has 2 aromatic carbocycles. The third-order valence-electron chi connectivity index (χ3n) is 5.21. The van der Waals surface area contributed by atoms with Crippen LogP contribution in [0.4, 0.5) is 0 Å². The minimum absolute atomic E-state index is 0.0259. The van der Waals surface area contributed by atoms with Crippen LogP contribution in [0.5, 0.6) is 11.5 Å². The first-order valence-electron chi connectivity index (χ1n) is 10.4. The van der Waals surface area contributed by atoms with Gasteiger partial charge in [0.1, 0.15) is 11.5 Å². The zero-order valence-electron chi connectivity index (χ0n) is 18.3. The fraction of sp³-hybridized carbons (Fsp3) is 0.320. The average molecular weight is 485 g/mol. The van der Waals surface area contributed by atoms with Gasteiger partial charge in [-0.2, -0.15) is 0 Å². The molecule has 6 heteroatoms. The van der Waals surface area contributed by atoms with Crippen molar-refractivity contribution in [2.24, 2.45) is 0 Å². The maximum absolute atomic E-state index is 13.4. The Morgan fingerprint density at radius 1 is 1.03 bits per heavy atom. The van der Waals surface area contributed by atoms with Crippen LogP contribution in [0.25, 0.3) is 0 Å². The predicted molar refractivity (Wildman–Crippen MR) is 127 cm³/mol. The van der Waals surface area contributed by atoms with Crippen molar-refractivity contribution in [1.29, 1.82) is 0 Å². The summed E-state index contributed by atoms with van der Waals surface area (Å²) in [5, 5.41) is 0. The third-order valence-corrected chi connectivity index (χ3v) is 5.74. The molecular weight excluding hydrogens is 456 g/mol. The number of ether oxygens (including phenoxy) is 2. The molecule has 0 atom stereocenters. The first-order valence-corrected chi connectivity index (χ1v) is 11.2. The molecule has 0 aliphatic heterocycles. The number of unbranched alkanes of at least 4 members (excludes halogenated alkanes) is 1. The Morgan fingerprint density at radius 2 is 1.71 bits per heavy atom. The highest BCUT2D eigenvalue weighted by atomic mass is 79.9. The van der Waals surface area contributed by atoms with Gasteiger partial charge in [-0.15, -0.1) is 0 Å². The van der Waals surface area contributed by atoms with Crippen LogP contribution in [-0.2, 0) is 13.1 Å². The Morgan fingerprint density at radius 3 is 2.32 bits per heavy atom. The molecule has 0 fully saturated rings. The first kappa shape index (κ1) is 22.9. The first-order chi connectivity index (χ1) is 15.0. The smallest absolute Gasteiger partial charge is 0.254 e. The van der Waals surface area contributed by atoms with Gasteiger partial charge in [-0.1, -0.05) is 41.4 Å². The monoisotopic (exact) mass is 484 g/mol. The van der Waals surface area contributed by atoms with Crippen molar-refractivity contribution >= 4 is 21.8 Å². The van der Waals surface area contributed by atoms with Crippen molar-refractivity contribution in [3.05, 3.63) is 82.1 Å². The molecule has 0 aliphatic carbocycles. The molecular formula is C25H29BrN2O3. The lowest BCUT2D eigenvalue weighted by molar-refractivity contribution is 0.0736. The predicted octanol–water partition coefficient (Wildman–Crippen LogP) is 5.76. The molecule has 3 rings (SSSR count). The van der Waals surface area contributed by atoms with E-state index in [-0.39, 0.29) is 5.91 Å². The molecule has 164 valence electrons. The number of benzene rings is 2. The van der Waals surface area contributed by atoms with E-state index < -0.39 is 0 Å². The van der Waals surface area contributed by atoms with E-state index in [0.717, 1.165) is 29.6 Å². The molecule has 0 saturated carbocycles. The summed E-state index contributed by atoms with van der Waals surface area (Å²) in [5.74, 6) is 1.19. The van der Waals surface area contributed by atoms with Gasteiger partial charge >= 0.3 is 0 Å². The Bertz CT molecular complexity index is 976. The molecule has 5 nitrogen and oxygen atoms in total. The zero-order chi connectivity index (χ0) is 22.2. The van der Waals surface area contributed by atoms with Crippen molar-refractivity contribution in [3.63, 3.8) is 0 Å². The number of halogens is 1. The van der Waals surface area contributed by atoms with E-state index in [4.69, 9.17) is 9.47 Å². The third kappa shape index (κ3) is 6.14. The Labute approximate surface area is 192 Å². The number of amides is 1. The second-order valence-corrected chi connectivity index (χ2v) is 8.35. The normalized spacial score (nSPS) is 10.7. The van der Waals surface area contributed by atoms with E-state index in [2.05, 4.69) is 51.8 Å². The van der Waals surface area contributed by atoms with E-state index >= 15 is 0 Å². The standard InChI is InChI=1S/C25H29BrN2O3/c1-4-5-12-28(25(29)20-14-23(30-2)16-24(15-20)31-3)18-22-7-6-13-27(22)17-19-8-10-21(26)11-9-19/h6-11,13-16H,4-5,12,17-18H2,1-3H3. The van der Waals surface area contributed by atoms with Crippen LogP contribution in [0.3, 0.4) is 0 Å². The van der Waals surface area contributed by atoms with Gasteiger partial charge < -0.3 is 18.9 Å². The van der Waals surface area contributed by atoms with Gasteiger partial charge in [-0.05, 0) is 48.4 Å². The maximum atomic E-state index is 13.4. The van der Waals surface area contributed by atoms with Gasteiger partial charge in [0.15, 0.2) is 0 Å². The molecule has 1 heterocycles. The summed E-state index contributed by atoms with van der Waals surface area (Å²) >= 11 is 3.48. The summed E-state index contributed by atoms with van der Waals surface area (Å²) in [6.45, 7) is 4.13. The summed E-state index contributed by atoms with van der Waals surface area (Å²) in [7, 11) is 3.18. The lowest BCUT2D eigenvalue weighted by Crippen LogP contribution is -2.32. The minimum Gasteiger partial charge on any atom is -0.497 e. The van der Waals surface area contributed by atoms with Gasteiger partial charge in [0.25, 0.3) is 5.91 Å². The molecule has 3 aromatic rings. The Balaban J connectivity index is 1.83. The van der Waals surface area contributed by atoms with Crippen LogP contribution < -0.4 is 9.47 Å². The van der Waals surface area contributed by atoms with Gasteiger partial charge in [0.2, 0.25) is 0 Å². The van der Waals surface area contributed by atoms with Crippen LogP contribution in [0.2, 0.25) is 0 Å². The van der Waals surface area contributed by atoms with Crippen LogP contribution >= 0.6 is 15.9 Å². The summed E-state index contributed by atoms with van der Waals surface area (Å²) in [6.07, 6.45) is 4.03. The molecule has 0 bridgehead atoms. The molecule has 0 spiro atoms. The van der Waals surface area contributed by atoms with Gasteiger partial charge in [-0.25, -0.2) is 0 Å². The van der Waals surface area contributed by atoms with E-state index in [1.54, 1.807) is 32.4 Å². The van der Waals surface area contributed by atoms with Gasteiger partial charge in [-0.3, -0.25) is 4.79 Å². The lowest BCUT2D eigenvalue weighted by Gasteiger charge is -2.24. The molecule has 0 saturated heterocycles. The van der Waals surface area contributed by atoms with E-state index in [1.807, 2.05) is 23.1 Å². The largest absolute Gasteiger partial charge is 0.497 e. The Kier molecular flexibility index (Phi) is 8.18. The van der Waals surface area contributed by atoms with Crippen molar-refractivity contribution < 1.29 is 14.3 Å². The fourth-order valence-electron chi connectivity index (χ4n) is 3.44. The number of nitrogens with zero attached hydrogens (tertiary/aromatic N) is 2. The highest BCUT2D eigenvalue weighted by molar-refractivity contribution is 9.10. The molecule has 0 aliphatic rings. The Hall–Kier alpha value is -2.73. The quantitative estimate of drug-likeness (QED) is 0.367. The molecule has 0 radical (unpaired) electrons. The summed E-state index contributed by atoms with van der Waals surface area (Å²) in [5.41, 5.74) is 2.88. The van der Waals surface area contributed by atoms with E-state index in [0.29, 0.717) is 30.2 Å². The minimum atomic E-state index is -0.0259. The van der Waals surface area contributed by atoms with Gasteiger partial charge in [0.05, 0.1) is 20.8 Å². The maximum Gasteiger partial charge on any atom is 0.254 e. The van der Waals surface area contributed by atoms with Crippen molar-refractivity contribution in [2.75, 3.05) is 20.8 Å². The van der Waals surface area contributed by atoms with Crippen LogP contribution in [-0.4, -0.2) is 36.1 Å². The van der Waals surface area contributed by atoms with Gasteiger partial charge in [0, 0.05) is 41.1 Å². The average Bonchev–Trinajstić information content (AvgIpc) is 3.23. The number of hydrogen-bond acceptors (Lipinski definition) is 3. The zero-order valence-corrected chi connectivity index (χ0v) is 19.9. The van der Waals surface area contributed by atoms with Crippen molar-refractivity contribution in [3.8, 4) is 11.5 Å². The second kappa shape index (κ2) is 11.0. The molecule has 0 N–H and O–H groups in total. The SMILES string of the molecule is CCCCN(Cc1cccn1Cc1ccc(Br)cc1)C(=O)c1cc(OC)cc(OC)c1. The lowest BCUT2D eigenvalue weighted by atomic mass is 10.1. The summed E-state index contributed by atoms with van der Waals surface area (Å²) in [6, 6.07) is 17.7. The van der Waals surface area contributed by atoms with E-state index in [1.165, 1.54) is 5.56 Å². The highest BCUT2D eigenvalue weighted by Gasteiger charge is 2.19. The molecule has 0 unspecified atom stereocenters. The number of aromatic nitrogens is 1. The van der Waals surface area contributed by atoms with Crippen molar-refractivity contribution in [2.45, 2.75) is 32.9 Å². The summed E-state index contributed by atoms with van der Waals surface area (Å²) in [4.78, 5) is 15.3. The van der Waals surface area contributed by atoms with Crippen LogP contribution in [0.15, 0.2) is 65.3 Å². The fourth-order valence-corrected chi connectivity index (χ4v) is 3.71. The van der Waals surface area contributed by atoms with Crippen LogP contribution in [0, 0.1) is 0 Å². The number of carbonyl (C=O) groups excluding carboxylic acids is 1. The van der Waals surface area contributed by atoms with E-state index in [9.17, 15) is 4.79 Å². The number of rotatable bonds is 10. The molecule has 1 amide bonds. The van der Waals surface area contributed by atoms with Crippen molar-refractivity contribution in [1.82, 2.24) is 9.47 Å². The topological polar surface area (TPSA) is 43.7 Å². The highest BCUT2D eigenvalue weighted by Crippen LogP contribution is 2.24. The second-order valence-electron chi connectivity index (χ2n) is 7.44. The number of methoxy groups -OCH3 is 2. The summed E-state index contributed by atoms with van der Waals surface area (Å²) < 4.78 is 14.0. The molecule has 31 heavy (non-hydrogen) atoms. The molecule has 1 aromatic heterocycles. The number of hydrogen-bond donors (Lipinski definition) is 0.